The molecule has 1 aromatic carbocycles. The maximum atomic E-state index is 12.3. The largest absolute Gasteiger partial charge is 0.382 e. The van der Waals surface area contributed by atoms with Crippen LogP contribution in [-0.2, 0) is 4.79 Å². The molecule has 0 spiro atoms. The minimum absolute atomic E-state index is 0.00398. The number of amides is 1. The van der Waals surface area contributed by atoms with Gasteiger partial charge in [0.25, 0.3) is 5.91 Å². The second kappa shape index (κ2) is 5.19. The molecule has 110 valence electrons. The summed E-state index contributed by atoms with van der Waals surface area (Å²) in [6, 6.07) is 11.2. The predicted octanol–water partition coefficient (Wildman–Crippen LogP) is 1.62. The third kappa shape index (κ3) is 2.23. The Balaban J connectivity index is 1.75. The summed E-state index contributed by atoms with van der Waals surface area (Å²) < 4.78 is 0. The molecular weight excluding hydrogens is 262 g/mol. The number of hydrogen-bond donors (Lipinski definition) is 3. The Labute approximate surface area is 125 Å². The molecule has 1 unspecified atom stereocenters. The number of fused-ring (bicyclic) bond motifs is 1. The SMILES string of the molecule is O=C1NCC2=C1C(c1ccccc1)N[C@@H]1CCCC[C@H]1N2. The van der Waals surface area contributed by atoms with Gasteiger partial charge in [0.1, 0.15) is 0 Å². The first-order chi connectivity index (χ1) is 10.3. The first-order valence-electron chi connectivity index (χ1n) is 7.92. The zero-order valence-electron chi connectivity index (χ0n) is 12.1. The van der Waals surface area contributed by atoms with E-state index in [1.165, 1.54) is 31.2 Å². The highest BCUT2D eigenvalue weighted by molar-refractivity contribution is 5.98. The van der Waals surface area contributed by atoms with Crippen LogP contribution in [0.25, 0.3) is 0 Å². The summed E-state index contributed by atoms with van der Waals surface area (Å²) >= 11 is 0. The van der Waals surface area contributed by atoms with Gasteiger partial charge >= 0.3 is 0 Å². The van der Waals surface area contributed by atoms with Crippen molar-refractivity contribution in [1.29, 1.82) is 0 Å². The summed E-state index contributed by atoms with van der Waals surface area (Å²) in [5.41, 5.74) is 3.15. The Bertz CT molecular complexity index is 581. The van der Waals surface area contributed by atoms with Crippen molar-refractivity contribution in [3.8, 4) is 0 Å². The van der Waals surface area contributed by atoms with Crippen molar-refractivity contribution in [3.63, 3.8) is 0 Å². The zero-order chi connectivity index (χ0) is 14.2. The lowest BCUT2D eigenvalue weighted by atomic mass is 9.89. The topological polar surface area (TPSA) is 53.2 Å². The molecule has 2 aliphatic heterocycles. The average molecular weight is 283 g/mol. The molecule has 4 rings (SSSR count). The molecule has 1 aliphatic carbocycles. The van der Waals surface area contributed by atoms with Crippen LogP contribution in [0.2, 0.25) is 0 Å². The maximum absolute atomic E-state index is 12.3. The minimum atomic E-state index is 0.00398. The van der Waals surface area contributed by atoms with E-state index in [1.54, 1.807) is 0 Å². The molecule has 4 heteroatoms. The average Bonchev–Trinajstić information content (AvgIpc) is 2.80. The summed E-state index contributed by atoms with van der Waals surface area (Å²) in [6.45, 7) is 0.641. The second-order valence-corrected chi connectivity index (χ2v) is 6.23. The first-order valence-corrected chi connectivity index (χ1v) is 7.92. The van der Waals surface area contributed by atoms with Gasteiger partial charge in [-0.3, -0.25) is 4.79 Å². The molecule has 1 amide bonds. The molecule has 0 aromatic heterocycles. The number of benzene rings is 1. The Morgan fingerprint density at radius 1 is 1.00 bits per heavy atom. The Morgan fingerprint density at radius 2 is 1.76 bits per heavy atom. The number of rotatable bonds is 1. The van der Waals surface area contributed by atoms with Gasteiger partial charge in [-0.1, -0.05) is 43.2 Å². The molecule has 3 atom stereocenters. The van der Waals surface area contributed by atoms with Gasteiger partial charge in [0.05, 0.1) is 18.2 Å². The van der Waals surface area contributed by atoms with Crippen LogP contribution in [0, 0.1) is 0 Å². The summed E-state index contributed by atoms with van der Waals surface area (Å²) in [5, 5.41) is 10.4. The van der Waals surface area contributed by atoms with Crippen LogP contribution < -0.4 is 16.0 Å². The Morgan fingerprint density at radius 3 is 2.57 bits per heavy atom. The summed E-state index contributed by atoms with van der Waals surface area (Å²) in [5.74, 6) is 0.0671. The van der Waals surface area contributed by atoms with Gasteiger partial charge in [0.2, 0.25) is 0 Å². The van der Waals surface area contributed by atoms with Gasteiger partial charge in [0, 0.05) is 17.8 Å². The van der Waals surface area contributed by atoms with E-state index in [0.717, 1.165) is 11.3 Å². The molecule has 3 aliphatic rings. The number of nitrogens with one attached hydrogen (secondary N) is 3. The van der Waals surface area contributed by atoms with E-state index in [4.69, 9.17) is 0 Å². The Kier molecular flexibility index (Phi) is 3.19. The van der Waals surface area contributed by atoms with Crippen molar-refractivity contribution in [2.75, 3.05) is 6.54 Å². The van der Waals surface area contributed by atoms with Crippen LogP contribution in [0.5, 0.6) is 0 Å². The third-order valence-electron chi connectivity index (χ3n) is 4.92. The van der Waals surface area contributed by atoms with Crippen molar-refractivity contribution in [2.24, 2.45) is 0 Å². The van der Waals surface area contributed by atoms with Crippen LogP contribution in [0.4, 0.5) is 0 Å². The quantitative estimate of drug-likeness (QED) is 0.734. The highest BCUT2D eigenvalue weighted by Crippen LogP contribution is 2.33. The molecule has 1 aromatic rings. The smallest absolute Gasteiger partial charge is 0.251 e. The fourth-order valence-electron chi connectivity index (χ4n) is 3.86. The van der Waals surface area contributed by atoms with E-state index in [-0.39, 0.29) is 11.9 Å². The monoisotopic (exact) mass is 283 g/mol. The van der Waals surface area contributed by atoms with Crippen molar-refractivity contribution in [2.45, 2.75) is 43.8 Å². The molecule has 2 heterocycles. The number of hydrogen-bond acceptors (Lipinski definition) is 3. The van der Waals surface area contributed by atoms with E-state index in [2.05, 4.69) is 28.1 Å². The molecule has 21 heavy (non-hydrogen) atoms. The standard InChI is InChI=1S/C17H21N3O/c21-17-15-14(10-18-17)19-12-8-4-5-9-13(12)20-16(15)11-6-2-1-3-7-11/h1-3,6-7,12-13,16,19-20H,4-5,8-10H2,(H,18,21)/t12-,13-,16?/m1/s1. The van der Waals surface area contributed by atoms with Gasteiger partial charge in [-0.05, 0) is 18.4 Å². The lowest BCUT2D eigenvalue weighted by Gasteiger charge is -2.33. The number of carbonyl (C=O) groups is 1. The van der Waals surface area contributed by atoms with Crippen LogP contribution >= 0.6 is 0 Å². The second-order valence-electron chi connectivity index (χ2n) is 6.23. The van der Waals surface area contributed by atoms with E-state index in [9.17, 15) is 4.79 Å². The number of carbonyl (C=O) groups excluding carboxylic acids is 1. The highest BCUT2D eigenvalue weighted by Gasteiger charge is 2.38. The predicted molar refractivity (Wildman–Crippen MR) is 81.5 cm³/mol. The van der Waals surface area contributed by atoms with Crippen LogP contribution in [0.15, 0.2) is 41.6 Å². The van der Waals surface area contributed by atoms with Crippen LogP contribution in [0.3, 0.4) is 0 Å². The molecule has 4 nitrogen and oxygen atoms in total. The molecule has 1 fully saturated rings. The lowest BCUT2D eigenvalue weighted by Crippen LogP contribution is -2.49. The fourth-order valence-corrected chi connectivity index (χ4v) is 3.86. The molecule has 0 bridgehead atoms. The van der Waals surface area contributed by atoms with Crippen LogP contribution in [0.1, 0.15) is 37.3 Å². The van der Waals surface area contributed by atoms with Crippen LogP contribution in [-0.4, -0.2) is 24.5 Å². The summed E-state index contributed by atoms with van der Waals surface area (Å²) in [7, 11) is 0. The van der Waals surface area contributed by atoms with E-state index < -0.39 is 0 Å². The zero-order valence-corrected chi connectivity index (χ0v) is 12.1. The highest BCUT2D eigenvalue weighted by atomic mass is 16.2. The van der Waals surface area contributed by atoms with E-state index in [0.29, 0.717) is 18.6 Å². The van der Waals surface area contributed by atoms with E-state index in [1.807, 2.05) is 18.2 Å². The van der Waals surface area contributed by atoms with Crippen molar-refractivity contribution in [3.05, 3.63) is 47.2 Å². The van der Waals surface area contributed by atoms with Crippen molar-refractivity contribution >= 4 is 5.91 Å². The normalized spacial score (nSPS) is 31.8. The van der Waals surface area contributed by atoms with E-state index >= 15 is 0 Å². The molecular formula is C17H21N3O. The molecule has 1 saturated carbocycles. The summed E-state index contributed by atoms with van der Waals surface area (Å²) in [6.07, 6.45) is 4.91. The van der Waals surface area contributed by atoms with Gasteiger partial charge in [-0.2, -0.15) is 0 Å². The minimum Gasteiger partial charge on any atom is -0.382 e. The van der Waals surface area contributed by atoms with Crippen molar-refractivity contribution < 1.29 is 4.79 Å². The van der Waals surface area contributed by atoms with Gasteiger partial charge in [-0.15, -0.1) is 0 Å². The van der Waals surface area contributed by atoms with Crippen molar-refractivity contribution in [1.82, 2.24) is 16.0 Å². The third-order valence-corrected chi connectivity index (χ3v) is 4.92. The maximum Gasteiger partial charge on any atom is 0.251 e. The fraction of sp³-hybridized carbons (Fsp3) is 0.471. The molecule has 0 saturated heterocycles. The lowest BCUT2D eigenvalue weighted by molar-refractivity contribution is -0.117. The molecule has 0 radical (unpaired) electrons. The first kappa shape index (κ1) is 12.9. The van der Waals surface area contributed by atoms with Gasteiger partial charge in [-0.25, -0.2) is 0 Å². The summed E-state index contributed by atoms with van der Waals surface area (Å²) in [4.78, 5) is 12.3. The Hall–Kier alpha value is -1.81. The molecule has 3 N–H and O–H groups in total. The van der Waals surface area contributed by atoms with Gasteiger partial charge < -0.3 is 16.0 Å². The van der Waals surface area contributed by atoms with Gasteiger partial charge in [0.15, 0.2) is 0 Å².